The maximum atomic E-state index is 5.86. The van der Waals surface area contributed by atoms with Gasteiger partial charge in [0, 0.05) is 6.61 Å². The monoisotopic (exact) mass is 232 g/mol. The van der Waals surface area contributed by atoms with Crippen LogP contribution in [0.5, 0.6) is 0 Å². The molecule has 1 aromatic rings. The first-order valence-corrected chi connectivity index (χ1v) is 6.95. The Morgan fingerprint density at radius 1 is 1.18 bits per heavy atom. The van der Waals surface area contributed by atoms with Crippen LogP contribution in [0, 0.1) is 11.8 Å². The Hall–Kier alpha value is -0.820. The molecule has 0 saturated heterocycles. The molecule has 0 N–H and O–H groups in total. The van der Waals surface area contributed by atoms with Gasteiger partial charge < -0.3 is 4.74 Å². The SMILES string of the molecule is CCOC1CC(Cc2ccccc2)CCC1C. The topological polar surface area (TPSA) is 9.23 Å². The van der Waals surface area contributed by atoms with Crippen molar-refractivity contribution in [3.63, 3.8) is 0 Å². The zero-order valence-corrected chi connectivity index (χ0v) is 11.1. The highest BCUT2D eigenvalue weighted by atomic mass is 16.5. The highest BCUT2D eigenvalue weighted by molar-refractivity contribution is 5.15. The Balaban J connectivity index is 1.90. The van der Waals surface area contributed by atoms with Gasteiger partial charge in [-0.3, -0.25) is 0 Å². The molecule has 2 rings (SSSR count). The molecule has 0 spiro atoms. The second-order valence-electron chi connectivity index (χ2n) is 5.34. The third kappa shape index (κ3) is 3.57. The summed E-state index contributed by atoms with van der Waals surface area (Å²) in [6.45, 7) is 5.29. The number of hydrogen-bond donors (Lipinski definition) is 0. The molecule has 1 aromatic carbocycles. The first-order valence-electron chi connectivity index (χ1n) is 6.95. The predicted molar refractivity (Wildman–Crippen MR) is 72.1 cm³/mol. The molecule has 1 saturated carbocycles. The fourth-order valence-corrected chi connectivity index (χ4v) is 2.94. The second-order valence-corrected chi connectivity index (χ2v) is 5.34. The Kier molecular flexibility index (Phi) is 4.61. The summed E-state index contributed by atoms with van der Waals surface area (Å²) in [7, 11) is 0. The first-order chi connectivity index (χ1) is 8.29. The van der Waals surface area contributed by atoms with Crippen LogP contribution in [0.25, 0.3) is 0 Å². The fraction of sp³-hybridized carbons (Fsp3) is 0.625. The van der Waals surface area contributed by atoms with Crippen molar-refractivity contribution in [2.45, 2.75) is 45.6 Å². The number of rotatable bonds is 4. The summed E-state index contributed by atoms with van der Waals surface area (Å²) in [5.74, 6) is 1.55. The number of ether oxygens (including phenoxy) is 1. The maximum Gasteiger partial charge on any atom is 0.0603 e. The zero-order chi connectivity index (χ0) is 12.1. The lowest BCUT2D eigenvalue weighted by atomic mass is 9.78. The molecule has 94 valence electrons. The van der Waals surface area contributed by atoms with Gasteiger partial charge in [-0.1, -0.05) is 37.3 Å². The predicted octanol–water partition coefficient (Wildman–Crippen LogP) is 4.07. The largest absolute Gasteiger partial charge is 0.378 e. The molecule has 1 nitrogen and oxygen atoms in total. The van der Waals surface area contributed by atoms with E-state index in [0.29, 0.717) is 6.10 Å². The minimum absolute atomic E-state index is 0.488. The van der Waals surface area contributed by atoms with E-state index in [2.05, 4.69) is 44.2 Å². The molecule has 0 aliphatic heterocycles. The minimum atomic E-state index is 0.488. The van der Waals surface area contributed by atoms with Crippen LogP contribution in [-0.2, 0) is 11.2 Å². The molecule has 1 fully saturated rings. The maximum absolute atomic E-state index is 5.86. The summed E-state index contributed by atoms with van der Waals surface area (Å²) in [6.07, 6.45) is 5.63. The van der Waals surface area contributed by atoms with Crippen molar-refractivity contribution >= 4 is 0 Å². The summed E-state index contributed by atoms with van der Waals surface area (Å²) in [5.41, 5.74) is 1.47. The van der Waals surface area contributed by atoms with Gasteiger partial charge in [0.15, 0.2) is 0 Å². The minimum Gasteiger partial charge on any atom is -0.378 e. The standard InChI is InChI=1S/C16H24O/c1-3-17-16-12-15(10-9-13(16)2)11-14-7-5-4-6-8-14/h4-8,13,15-16H,3,9-12H2,1-2H3. The number of hydrogen-bond acceptors (Lipinski definition) is 1. The summed E-state index contributed by atoms with van der Waals surface area (Å²) < 4.78 is 5.86. The molecule has 17 heavy (non-hydrogen) atoms. The third-order valence-corrected chi connectivity index (χ3v) is 3.98. The van der Waals surface area contributed by atoms with Crippen LogP contribution in [0.4, 0.5) is 0 Å². The lowest BCUT2D eigenvalue weighted by Crippen LogP contribution is -2.31. The van der Waals surface area contributed by atoms with Gasteiger partial charge >= 0.3 is 0 Å². The van der Waals surface area contributed by atoms with Crippen molar-refractivity contribution in [1.82, 2.24) is 0 Å². The van der Waals surface area contributed by atoms with Crippen molar-refractivity contribution in [3.05, 3.63) is 35.9 Å². The average molecular weight is 232 g/mol. The van der Waals surface area contributed by atoms with Crippen LogP contribution in [0.3, 0.4) is 0 Å². The van der Waals surface area contributed by atoms with Crippen molar-refractivity contribution < 1.29 is 4.74 Å². The fourth-order valence-electron chi connectivity index (χ4n) is 2.94. The van der Waals surface area contributed by atoms with Gasteiger partial charge in [0.05, 0.1) is 6.10 Å². The Bertz CT molecular complexity index is 320. The van der Waals surface area contributed by atoms with Gasteiger partial charge in [0.25, 0.3) is 0 Å². The molecule has 1 heteroatoms. The molecule has 0 heterocycles. The lowest BCUT2D eigenvalue weighted by molar-refractivity contribution is -0.0141. The van der Waals surface area contributed by atoms with Crippen LogP contribution in [-0.4, -0.2) is 12.7 Å². The van der Waals surface area contributed by atoms with Gasteiger partial charge in [-0.15, -0.1) is 0 Å². The van der Waals surface area contributed by atoms with Crippen LogP contribution in [0.15, 0.2) is 30.3 Å². The average Bonchev–Trinajstić information content (AvgIpc) is 2.35. The smallest absolute Gasteiger partial charge is 0.0603 e. The summed E-state index contributed by atoms with van der Waals surface area (Å²) in [5, 5.41) is 0. The summed E-state index contributed by atoms with van der Waals surface area (Å²) in [4.78, 5) is 0. The molecule has 0 aromatic heterocycles. The van der Waals surface area contributed by atoms with Crippen molar-refractivity contribution in [2.75, 3.05) is 6.61 Å². The van der Waals surface area contributed by atoms with Crippen molar-refractivity contribution in [3.8, 4) is 0 Å². The molecule has 3 unspecified atom stereocenters. The third-order valence-electron chi connectivity index (χ3n) is 3.98. The lowest BCUT2D eigenvalue weighted by Gasteiger charge is -2.34. The normalized spacial score (nSPS) is 29.2. The molecule has 0 bridgehead atoms. The van der Waals surface area contributed by atoms with Crippen LogP contribution in [0.1, 0.15) is 38.7 Å². The van der Waals surface area contributed by atoms with E-state index in [0.717, 1.165) is 18.4 Å². The Morgan fingerprint density at radius 2 is 1.94 bits per heavy atom. The van der Waals surface area contributed by atoms with Gasteiger partial charge in [-0.2, -0.15) is 0 Å². The molecule has 0 amide bonds. The van der Waals surface area contributed by atoms with Gasteiger partial charge in [0.1, 0.15) is 0 Å². The van der Waals surface area contributed by atoms with Crippen LogP contribution < -0.4 is 0 Å². The van der Waals surface area contributed by atoms with Crippen molar-refractivity contribution in [2.24, 2.45) is 11.8 Å². The molecule has 1 aliphatic carbocycles. The van der Waals surface area contributed by atoms with E-state index in [-0.39, 0.29) is 0 Å². The quantitative estimate of drug-likeness (QED) is 0.760. The van der Waals surface area contributed by atoms with Crippen LogP contribution >= 0.6 is 0 Å². The van der Waals surface area contributed by atoms with Gasteiger partial charge in [-0.25, -0.2) is 0 Å². The Labute approximate surface area is 105 Å². The number of benzene rings is 1. The molecule has 3 atom stereocenters. The summed E-state index contributed by atoms with van der Waals surface area (Å²) >= 11 is 0. The van der Waals surface area contributed by atoms with E-state index >= 15 is 0 Å². The van der Waals surface area contributed by atoms with E-state index in [1.54, 1.807) is 0 Å². The van der Waals surface area contributed by atoms with Crippen molar-refractivity contribution in [1.29, 1.82) is 0 Å². The molecule has 1 aliphatic rings. The van der Waals surface area contributed by atoms with E-state index in [1.165, 1.54) is 31.2 Å². The molecular formula is C16H24O. The summed E-state index contributed by atoms with van der Waals surface area (Å²) in [6, 6.07) is 10.9. The Morgan fingerprint density at radius 3 is 2.65 bits per heavy atom. The van der Waals surface area contributed by atoms with E-state index in [9.17, 15) is 0 Å². The first kappa shape index (κ1) is 12.6. The second kappa shape index (κ2) is 6.20. The van der Waals surface area contributed by atoms with E-state index in [1.807, 2.05) is 0 Å². The van der Waals surface area contributed by atoms with Gasteiger partial charge in [-0.05, 0) is 50.0 Å². The molecular weight excluding hydrogens is 208 g/mol. The zero-order valence-electron chi connectivity index (χ0n) is 11.1. The highest BCUT2D eigenvalue weighted by Gasteiger charge is 2.27. The van der Waals surface area contributed by atoms with E-state index in [4.69, 9.17) is 4.74 Å². The molecule has 0 radical (unpaired) electrons. The van der Waals surface area contributed by atoms with E-state index < -0.39 is 0 Å². The highest BCUT2D eigenvalue weighted by Crippen LogP contribution is 2.32. The van der Waals surface area contributed by atoms with Gasteiger partial charge in [0.2, 0.25) is 0 Å². The van der Waals surface area contributed by atoms with Crippen LogP contribution in [0.2, 0.25) is 0 Å².